The van der Waals surface area contributed by atoms with E-state index in [1.54, 1.807) is 23.5 Å². The molecule has 0 saturated carbocycles. The molecular weight excluding hydrogens is 325 g/mol. The standard InChI is InChI=1S/C18H22FN3OS/c1-12(16-11-24-13(2)21-16)20-18(23)17-4-3-9-22(17)10-14-5-7-15(19)8-6-14/h5-8,11-12,17H,3-4,9-10H2,1-2H3,(H,20,23)/t12-,17+/m1/s1. The topological polar surface area (TPSA) is 45.2 Å². The molecule has 24 heavy (non-hydrogen) atoms. The van der Waals surface area contributed by atoms with Gasteiger partial charge in [-0.05, 0) is 50.9 Å². The third kappa shape index (κ3) is 3.99. The van der Waals surface area contributed by atoms with Gasteiger partial charge in [0.2, 0.25) is 5.91 Å². The summed E-state index contributed by atoms with van der Waals surface area (Å²) in [6, 6.07) is 6.28. The van der Waals surface area contributed by atoms with Crippen LogP contribution in [-0.4, -0.2) is 28.4 Å². The Bertz CT molecular complexity index is 701. The fourth-order valence-electron chi connectivity index (χ4n) is 3.10. The summed E-state index contributed by atoms with van der Waals surface area (Å²) < 4.78 is 13.0. The van der Waals surface area contributed by atoms with Gasteiger partial charge in [0.1, 0.15) is 5.82 Å². The molecule has 1 N–H and O–H groups in total. The third-order valence-electron chi connectivity index (χ3n) is 4.40. The van der Waals surface area contributed by atoms with Gasteiger partial charge in [-0.15, -0.1) is 11.3 Å². The lowest BCUT2D eigenvalue weighted by molar-refractivity contribution is -0.126. The molecule has 1 aliphatic heterocycles. The van der Waals surface area contributed by atoms with Crippen LogP contribution in [0.5, 0.6) is 0 Å². The molecule has 1 aliphatic rings. The summed E-state index contributed by atoms with van der Waals surface area (Å²) in [5.41, 5.74) is 1.94. The van der Waals surface area contributed by atoms with Crippen LogP contribution in [0.25, 0.3) is 0 Å². The molecule has 0 spiro atoms. The maximum Gasteiger partial charge on any atom is 0.237 e. The number of carbonyl (C=O) groups is 1. The molecule has 3 rings (SSSR count). The maximum absolute atomic E-state index is 13.0. The van der Waals surface area contributed by atoms with Crippen LogP contribution in [0, 0.1) is 12.7 Å². The van der Waals surface area contributed by atoms with Gasteiger partial charge in [-0.2, -0.15) is 0 Å². The smallest absolute Gasteiger partial charge is 0.237 e. The van der Waals surface area contributed by atoms with Gasteiger partial charge in [-0.1, -0.05) is 12.1 Å². The van der Waals surface area contributed by atoms with Crippen molar-refractivity contribution in [2.75, 3.05) is 6.54 Å². The maximum atomic E-state index is 13.0. The molecule has 1 amide bonds. The molecule has 2 aromatic rings. The van der Waals surface area contributed by atoms with Crippen molar-refractivity contribution in [2.45, 2.75) is 45.3 Å². The minimum Gasteiger partial charge on any atom is -0.347 e. The number of hydrogen-bond acceptors (Lipinski definition) is 4. The summed E-state index contributed by atoms with van der Waals surface area (Å²) in [5.74, 6) is -0.186. The van der Waals surface area contributed by atoms with E-state index in [-0.39, 0.29) is 23.8 Å². The molecule has 0 bridgehead atoms. The normalized spacial score (nSPS) is 19.4. The number of nitrogens with zero attached hydrogens (tertiary/aromatic N) is 2. The van der Waals surface area contributed by atoms with Crippen LogP contribution in [0.15, 0.2) is 29.6 Å². The Labute approximate surface area is 145 Å². The van der Waals surface area contributed by atoms with Gasteiger partial charge in [-0.3, -0.25) is 9.69 Å². The first-order valence-corrected chi connectivity index (χ1v) is 9.12. The van der Waals surface area contributed by atoms with E-state index >= 15 is 0 Å². The highest BCUT2D eigenvalue weighted by molar-refractivity contribution is 7.09. The number of halogens is 1. The number of aryl methyl sites for hydroxylation is 1. The van der Waals surface area contributed by atoms with Crippen molar-refractivity contribution < 1.29 is 9.18 Å². The Hall–Kier alpha value is -1.79. The summed E-state index contributed by atoms with van der Waals surface area (Å²) >= 11 is 1.59. The number of thiazole rings is 1. The van der Waals surface area contributed by atoms with E-state index in [9.17, 15) is 9.18 Å². The lowest BCUT2D eigenvalue weighted by Gasteiger charge is -2.25. The van der Waals surface area contributed by atoms with E-state index in [0.29, 0.717) is 6.54 Å². The molecule has 2 heterocycles. The molecule has 1 saturated heterocycles. The fraction of sp³-hybridized carbons (Fsp3) is 0.444. The number of likely N-dealkylation sites (tertiary alicyclic amines) is 1. The molecule has 0 radical (unpaired) electrons. The zero-order chi connectivity index (χ0) is 17.1. The third-order valence-corrected chi connectivity index (χ3v) is 5.20. The fourth-order valence-corrected chi connectivity index (χ4v) is 3.81. The number of benzene rings is 1. The summed E-state index contributed by atoms with van der Waals surface area (Å²) in [5, 5.41) is 6.08. The van der Waals surface area contributed by atoms with Gasteiger partial charge in [0.15, 0.2) is 0 Å². The SMILES string of the molecule is Cc1nc([C@@H](C)NC(=O)[C@@H]2CCCN2Cc2ccc(F)cc2)cs1. The van der Waals surface area contributed by atoms with Crippen molar-refractivity contribution in [3.63, 3.8) is 0 Å². The van der Waals surface area contributed by atoms with Crippen LogP contribution in [-0.2, 0) is 11.3 Å². The highest BCUT2D eigenvalue weighted by Crippen LogP contribution is 2.22. The molecule has 2 atom stereocenters. The highest BCUT2D eigenvalue weighted by atomic mass is 32.1. The number of carbonyl (C=O) groups excluding carboxylic acids is 1. The number of amides is 1. The van der Waals surface area contributed by atoms with Gasteiger partial charge in [0.05, 0.1) is 22.8 Å². The molecule has 1 aromatic carbocycles. The molecule has 1 aromatic heterocycles. The van der Waals surface area contributed by atoms with Crippen LogP contribution in [0.3, 0.4) is 0 Å². The van der Waals surface area contributed by atoms with Crippen molar-refractivity contribution in [1.82, 2.24) is 15.2 Å². The summed E-state index contributed by atoms with van der Waals surface area (Å²) in [4.78, 5) is 19.3. The second-order valence-electron chi connectivity index (χ2n) is 6.28. The van der Waals surface area contributed by atoms with Crippen molar-refractivity contribution >= 4 is 17.2 Å². The van der Waals surface area contributed by atoms with E-state index in [4.69, 9.17) is 0 Å². The van der Waals surface area contributed by atoms with Crippen LogP contribution in [0.4, 0.5) is 4.39 Å². The van der Waals surface area contributed by atoms with E-state index in [1.165, 1.54) is 12.1 Å². The zero-order valence-electron chi connectivity index (χ0n) is 14.0. The molecule has 128 valence electrons. The minimum atomic E-state index is -0.234. The first kappa shape index (κ1) is 17.0. The zero-order valence-corrected chi connectivity index (χ0v) is 14.8. The van der Waals surface area contributed by atoms with Crippen molar-refractivity contribution in [1.29, 1.82) is 0 Å². The second kappa shape index (κ2) is 7.40. The van der Waals surface area contributed by atoms with Gasteiger partial charge >= 0.3 is 0 Å². The van der Waals surface area contributed by atoms with E-state index in [2.05, 4.69) is 15.2 Å². The molecule has 1 fully saturated rings. The monoisotopic (exact) mass is 347 g/mol. The van der Waals surface area contributed by atoms with Crippen molar-refractivity contribution in [3.05, 3.63) is 51.7 Å². The Kier molecular flexibility index (Phi) is 5.26. The summed E-state index contributed by atoms with van der Waals surface area (Å²) in [6.07, 6.45) is 1.86. The minimum absolute atomic E-state index is 0.0489. The van der Waals surface area contributed by atoms with Crippen molar-refractivity contribution in [3.8, 4) is 0 Å². The Balaban J connectivity index is 1.61. The van der Waals surface area contributed by atoms with Crippen LogP contribution >= 0.6 is 11.3 Å². The Morgan fingerprint density at radius 3 is 2.88 bits per heavy atom. The lowest BCUT2D eigenvalue weighted by atomic mass is 10.1. The van der Waals surface area contributed by atoms with Crippen LogP contribution in [0.1, 0.15) is 42.1 Å². The average Bonchev–Trinajstić information content (AvgIpc) is 3.18. The van der Waals surface area contributed by atoms with Crippen LogP contribution < -0.4 is 5.32 Å². The number of aromatic nitrogens is 1. The van der Waals surface area contributed by atoms with E-state index in [0.717, 1.165) is 35.7 Å². The predicted molar refractivity (Wildman–Crippen MR) is 93.2 cm³/mol. The molecule has 4 nitrogen and oxygen atoms in total. The van der Waals surface area contributed by atoms with Gasteiger partial charge in [-0.25, -0.2) is 9.37 Å². The van der Waals surface area contributed by atoms with Gasteiger partial charge in [0.25, 0.3) is 0 Å². The number of rotatable bonds is 5. The molecular formula is C18H22FN3OS. The summed E-state index contributed by atoms with van der Waals surface area (Å²) in [7, 11) is 0. The Morgan fingerprint density at radius 2 is 2.21 bits per heavy atom. The largest absolute Gasteiger partial charge is 0.347 e. The highest BCUT2D eigenvalue weighted by Gasteiger charge is 2.31. The van der Waals surface area contributed by atoms with Gasteiger partial charge in [0, 0.05) is 11.9 Å². The van der Waals surface area contributed by atoms with Crippen molar-refractivity contribution in [2.24, 2.45) is 0 Å². The average molecular weight is 347 g/mol. The summed E-state index contributed by atoms with van der Waals surface area (Å²) in [6.45, 7) is 5.48. The van der Waals surface area contributed by atoms with E-state index in [1.807, 2.05) is 19.2 Å². The molecule has 6 heteroatoms. The molecule has 0 aliphatic carbocycles. The first-order valence-electron chi connectivity index (χ1n) is 8.24. The quantitative estimate of drug-likeness (QED) is 0.901. The molecule has 0 unspecified atom stereocenters. The van der Waals surface area contributed by atoms with Crippen LogP contribution in [0.2, 0.25) is 0 Å². The predicted octanol–water partition coefficient (Wildman–Crippen LogP) is 3.43. The second-order valence-corrected chi connectivity index (χ2v) is 7.34. The van der Waals surface area contributed by atoms with E-state index < -0.39 is 0 Å². The number of nitrogens with one attached hydrogen (secondary N) is 1. The number of hydrogen-bond donors (Lipinski definition) is 1. The first-order chi connectivity index (χ1) is 11.5. The Morgan fingerprint density at radius 1 is 1.46 bits per heavy atom. The lowest BCUT2D eigenvalue weighted by Crippen LogP contribution is -2.43. The van der Waals surface area contributed by atoms with Gasteiger partial charge < -0.3 is 5.32 Å².